The van der Waals surface area contributed by atoms with Gasteiger partial charge in [0.1, 0.15) is 11.3 Å². The molecule has 2 aromatic carbocycles. The van der Waals surface area contributed by atoms with Crippen molar-refractivity contribution in [2.75, 3.05) is 6.54 Å². The molecule has 0 saturated carbocycles. The highest BCUT2D eigenvalue weighted by Gasteiger charge is 2.12. The van der Waals surface area contributed by atoms with Gasteiger partial charge in [0.25, 0.3) is 11.5 Å². The summed E-state index contributed by atoms with van der Waals surface area (Å²) in [6, 6.07) is 15.1. The summed E-state index contributed by atoms with van der Waals surface area (Å²) in [7, 11) is 0. The van der Waals surface area contributed by atoms with E-state index in [2.05, 4.69) is 5.32 Å². The van der Waals surface area contributed by atoms with E-state index in [1.807, 2.05) is 19.1 Å². The fourth-order valence-corrected chi connectivity index (χ4v) is 3.24. The van der Waals surface area contributed by atoms with Gasteiger partial charge in [0.05, 0.1) is 11.0 Å². The van der Waals surface area contributed by atoms with Crippen LogP contribution in [0, 0.1) is 12.7 Å². The maximum atomic E-state index is 13.8. The van der Waals surface area contributed by atoms with Crippen molar-refractivity contribution in [3.05, 3.63) is 88.1 Å². The molecule has 27 heavy (non-hydrogen) atoms. The summed E-state index contributed by atoms with van der Waals surface area (Å²) in [5.41, 5.74) is 3.16. The number of aryl methyl sites for hydroxylation is 1. The average Bonchev–Trinajstić information content (AvgIpc) is 3.15. The average molecular weight is 363 g/mol. The van der Waals surface area contributed by atoms with Gasteiger partial charge in [-0.25, -0.2) is 4.39 Å². The zero-order chi connectivity index (χ0) is 19.0. The Morgan fingerprint density at radius 1 is 1.04 bits per heavy atom. The molecule has 0 fully saturated rings. The molecule has 5 nitrogen and oxygen atoms in total. The fraction of sp³-hybridized carbons (Fsp3) is 0.143. The molecule has 4 rings (SSSR count). The number of benzene rings is 2. The van der Waals surface area contributed by atoms with E-state index in [0.29, 0.717) is 16.6 Å². The molecule has 0 spiro atoms. The molecular weight excluding hydrogens is 345 g/mol. The van der Waals surface area contributed by atoms with E-state index in [4.69, 9.17) is 0 Å². The first kappa shape index (κ1) is 17.0. The van der Waals surface area contributed by atoms with E-state index < -0.39 is 5.82 Å². The van der Waals surface area contributed by atoms with Crippen molar-refractivity contribution in [1.82, 2.24) is 14.3 Å². The van der Waals surface area contributed by atoms with Gasteiger partial charge >= 0.3 is 0 Å². The first-order valence-corrected chi connectivity index (χ1v) is 8.68. The van der Waals surface area contributed by atoms with Crippen molar-refractivity contribution in [2.24, 2.45) is 0 Å². The topological polar surface area (TPSA) is 55.5 Å². The summed E-state index contributed by atoms with van der Waals surface area (Å²) in [4.78, 5) is 25.1. The summed E-state index contributed by atoms with van der Waals surface area (Å²) in [5.74, 6) is -0.617. The summed E-state index contributed by atoms with van der Waals surface area (Å²) in [5, 5.41) is 2.82. The van der Waals surface area contributed by atoms with Crippen molar-refractivity contribution in [1.29, 1.82) is 0 Å². The molecule has 136 valence electrons. The lowest BCUT2D eigenvalue weighted by Crippen LogP contribution is -2.31. The number of nitrogens with one attached hydrogen (secondary N) is 1. The molecule has 2 aromatic heterocycles. The Balaban J connectivity index is 1.64. The molecule has 0 bridgehead atoms. The van der Waals surface area contributed by atoms with Gasteiger partial charge in [0.15, 0.2) is 0 Å². The lowest BCUT2D eigenvalue weighted by atomic mass is 10.1. The fourth-order valence-electron chi connectivity index (χ4n) is 3.24. The minimum Gasteiger partial charge on any atom is -0.350 e. The normalized spacial score (nSPS) is 11.2. The Hall–Kier alpha value is -3.41. The van der Waals surface area contributed by atoms with Crippen LogP contribution in [0.15, 0.2) is 65.6 Å². The number of hydrogen-bond donors (Lipinski definition) is 1. The Morgan fingerprint density at radius 3 is 2.59 bits per heavy atom. The molecule has 4 aromatic rings. The van der Waals surface area contributed by atoms with Gasteiger partial charge in [-0.3, -0.25) is 9.59 Å². The zero-order valence-corrected chi connectivity index (χ0v) is 14.8. The van der Waals surface area contributed by atoms with Gasteiger partial charge in [-0.2, -0.15) is 0 Å². The van der Waals surface area contributed by atoms with E-state index in [-0.39, 0.29) is 24.6 Å². The van der Waals surface area contributed by atoms with Crippen LogP contribution in [0.1, 0.15) is 15.9 Å². The Bertz CT molecular complexity index is 1210. The maximum absolute atomic E-state index is 13.8. The molecule has 0 atom stereocenters. The number of hydrogen-bond acceptors (Lipinski definition) is 2. The quantitative estimate of drug-likeness (QED) is 0.606. The first-order valence-electron chi connectivity index (χ1n) is 8.68. The lowest BCUT2D eigenvalue weighted by molar-refractivity contribution is 0.0952. The van der Waals surface area contributed by atoms with Gasteiger partial charge in [0.2, 0.25) is 0 Å². The maximum Gasteiger partial charge on any atom is 0.275 e. The molecule has 2 heterocycles. The minimum absolute atomic E-state index is 0.206. The highest BCUT2D eigenvalue weighted by atomic mass is 19.1. The van der Waals surface area contributed by atoms with E-state index in [1.165, 1.54) is 16.7 Å². The van der Waals surface area contributed by atoms with Crippen molar-refractivity contribution in [3.8, 4) is 0 Å². The molecule has 0 aliphatic rings. The summed E-state index contributed by atoms with van der Waals surface area (Å²) >= 11 is 0. The number of amides is 1. The SMILES string of the molecule is Cc1ccc(C(=O)NCCn2c(=O)c3cccn3c3ccc(F)cc32)cc1. The third-order valence-electron chi connectivity index (χ3n) is 4.64. The van der Waals surface area contributed by atoms with Crippen molar-refractivity contribution in [2.45, 2.75) is 13.5 Å². The standard InChI is InChI=1S/C21H18FN3O2/c1-14-4-6-15(7-5-14)20(26)23-10-12-25-19-13-16(22)8-9-17(19)24-11-2-3-18(24)21(25)27/h2-9,11,13H,10,12H2,1H3,(H,23,26). The zero-order valence-electron chi connectivity index (χ0n) is 14.8. The molecule has 0 radical (unpaired) electrons. The van der Waals surface area contributed by atoms with Crippen LogP contribution in [0.3, 0.4) is 0 Å². The van der Waals surface area contributed by atoms with Gasteiger partial charge in [-0.1, -0.05) is 17.7 Å². The van der Waals surface area contributed by atoms with Gasteiger partial charge in [-0.15, -0.1) is 0 Å². The second-order valence-electron chi connectivity index (χ2n) is 6.48. The monoisotopic (exact) mass is 363 g/mol. The number of rotatable bonds is 4. The Labute approximate surface area is 154 Å². The molecular formula is C21H18FN3O2. The lowest BCUT2D eigenvalue weighted by Gasteiger charge is -2.13. The smallest absolute Gasteiger partial charge is 0.275 e. The predicted octanol–water partition coefficient (Wildman–Crippen LogP) is 3.13. The van der Waals surface area contributed by atoms with Crippen LogP contribution in [0.5, 0.6) is 0 Å². The second kappa shape index (κ2) is 6.72. The molecule has 0 saturated heterocycles. The predicted molar refractivity (Wildman–Crippen MR) is 103 cm³/mol. The summed E-state index contributed by atoms with van der Waals surface area (Å²) in [6.45, 7) is 2.46. The van der Waals surface area contributed by atoms with Gasteiger partial charge < -0.3 is 14.3 Å². The third kappa shape index (κ3) is 3.10. The largest absolute Gasteiger partial charge is 0.350 e. The van der Waals surface area contributed by atoms with Crippen molar-refractivity contribution in [3.63, 3.8) is 0 Å². The first-order chi connectivity index (χ1) is 13.0. The molecule has 6 heteroatoms. The highest BCUT2D eigenvalue weighted by Crippen LogP contribution is 2.16. The number of carbonyl (C=O) groups is 1. The van der Waals surface area contributed by atoms with E-state index in [0.717, 1.165) is 11.1 Å². The van der Waals surface area contributed by atoms with Gasteiger partial charge in [-0.05, 0) is 49.4 Å². The highest BCUT2D eigenvalue weighted by molar-refractivity contribution is 5.94. The Kier molecular flexibility index (Phi) is 4.24. The summed E-state index contributed by atoms with van der Waals surface area (Å²) in [6.07, 6.45) is 1.78. The minimum atomic E-state index is -0.411. The van der Waals surface area contributed by atoms with E-state index in [9.17, 15) is 14.0 Å². The van der Waals surface area contributed by atoms with Crippen LogP contribution in [-0.4, -0.2) is 21.4 Å². The Morgan fingerprint density at radius 2 is 1.81 bits per heavy atom. The molecule has 0 aliphatic heterocycles. The summed E-state index contributed by atoms with van der Waals surface area (Å²) < 4.78 is 17.0. The van der Waals surface area contributed by atoms with Crippen molar-refractivity contribution >= 4 is 22.5 Å². The van der Waals surface area contributed by atoms with Crippen LogP contribution in [0.2, 0.25) is 0 Å². The number of carbonyl (C=O) groups excluding carboxylic acids is 1. The van der Waals surface area contributed by atoms with E-state index in [1.54, 1.807) is 40.9 Å². The third-order valence-corrected chi connectivity index (χ3v) is 4.64. The molecule has 1 amide bonds. The molecule has 1 N–H and O–H groups in total. The number of nitrogens with zero attached hydrogens (tertiary/aromatic N) is 2. The van der Waals surface area contributed by atoms with Crippen molar-refractivity contribution < 1.29 is 9.18 Å². The van der Waals surface area contributed by atoms with Crippen LogP contribution in [-0.2, 0) is 6.54 Å². The van der Waals surface area contributed by atoms with E-state index >= 15 is 0 Å². The van der Waals surface area contributed by atoms with Gasteiger partial charge in [0, 0.05) is 24.8 Å². The number of aromatic nitrogens is 2. The second-order valence-corrected chi connectivity index (χ2v) is 6.48. The molecule has 0 unspecified atom stereocenters. The number of fused-ring (bicyclic) bond motifs is 3. The molecule has 0 aliphatic carbocycles. The van der Waals surface area contributed by atoms with Crippen LogP contribution in [0.4, 0.5) is 4.39 Å². The van der Waals surface area contributed by atoms with Crippen LogP contribution >= 0.6 is 0 Å². The van der Waals surface area contributed by atoms with Crippen LogP contribution in [0.25, 0.3) is 16.6 Å². The number of halogens is 1. The van der Waals surface area contributed by atoms with Crippen LogP contribution < -0.4 is 10.9 Å².